The van der Waals surface area contributed by atoms with E-state index in [0.29, 0.717) is 31.8 Å². The van der Waals surface area contributed by atoms with E-state index in [1.807, 2.05) is 6.08 Å². The van der Waals surface area contributed by atoms with Crippen LogP contribution in [0.25, 0.3) is 0 Å². The summed E-state index contributed by atoms with van der Waals surface area (Å²) < 4.78 is 10.8. The molecule has 0 rings (SSSR count). The molecule has 0 bridgehead atoms. The third kappa shape index (κ3) is 33.6. The molecule has 0 aromatic carbocycles. The first-order chi connectivity index (χ1) is 24.5. The molecule has 294 valence electrons. The van der Waals surface area contributed by atoms with E-state index < -0.39 is 0 Å². The first-order valence-corrected chi connectivity index (χ1v) is 22.2. The first kappa shape index (κ1) is 48.5. The Hall–Kier alpha value is -1.54. The van der Waals surface area contributed by atoms with Crippen LogP contribution in [0.5, 0.6) is 0 Å². The number of unbranched alkanes of at least 4 members (excludes halogenated alkanes) is 18. The van der Waals surface area contributed by atoms with Crippen molar-refractivity contribution >= 4 is 29.6 Å². The highest BCUT2D eigenvalue weighted by Crippen LogP contribution is 2.13. The first-order valence-electron chi connectivity index (χ1n) is 21.0. The minimum atomic E-state index is -0.102. The van der Waals surface area contributed by atoms with Crippen LogP contribution in [-0.2, 0) is 23.9 Å². The predicted molar refractivity (Wildman–Crippen MR) is 215 cm³/mol. The minimum absolute atomic E-state index is 0.0533. The number of carbonyl (C=O) groups is 3. The molecular formula is C42H80N2O5S. The minimum Gasteiger partial charge on any atom is -0.466 e. The zero-order chi connectivity index (χ0) is 36.8. The fraction of sp³-hybridized carbons (Fsp3) is 0.881. The van der Waals surface area contributed by atoms with E-state index >= 15 is 0 Å². The highest BCUT2D eigenvalue weighted by atomic mass is 32.2. The number of amides is 1. The van der Waals surface area contributed by atoms with Crippen molar-refractivity contribution in [2.24, 2.45) is 0 Å². The molecule has 1 amide bonds. The van der Waals surface area contributed by atoms with Crippen molar-refractivity contribution in [2.45, 2.75) is 182 Å². The Morgan fingerprint density at radius 2 is 1.04 bits per heavy atom. The number of hydrogen-bond acceptors (Lipinski definition) is 7. The molecule has 0 aromatic heterocycles. The molecule has 8 heteroatoms. The predicted octanol–water partition coefficient (Wildman–Crippen LogP) is 10.9. The second kappa shape index (κ2) is 38.7. The standard InChI is InChI=1S/C42H80N2O5S/c1-5-9-11-13-15-23-29-36-48-41(46)31-25-19-17-21-27-33-44(40(45)39-50-38-35-43(7-3)8-4)34-28-22-18-20-26-32-42(47)49-37-30-24-16-14-12-10-6-2/h23,29H,5-22,24-28,30-39H2,1-4H3/b29-23-. The third-order valence-corrected chi connectivity index (χ3v) is 10.3. The summed E-state index contributed by atoms with van der Waals surface area (Å²) in [6.07, 6.45) is 29.9. The summed E-state index contributed by atoms with van der Waals surface area (Å²) in [7, 11) is 0. The van der Waals surface area contributed by atoms with E-state index in [2.05, 4.69) is 43.6 Å². The van der Waals surface area contributed by atoms with Crippen molar-refractivity contribution in [1.82, 2.24) is 9.80 Å². The average molecular weight is 725 g/mol. The van der Waals surface area contributed by atoms with Gasteiger partial charge in [-0.25, -0.2) is 0 Å². The SMILES string of the molecule is CCCCCC/C=C\COC(=O)CCCCCCCN(CCCCCCCC(=O)OCCCCCCCCC)C(=O)CSCCN(CC)CC. The van der Waals surface area contributed by atoms with E-state index in [0.717, 1.165) is 122 Å². The zero-order valence-electron chi connectivity index (χ0n) is 33.3. The van der Waals surface area contributed by atoms with Crippen LogP contribution in [0.4, 0.5) is 0 Å². The van der Waals surface area contributed by atoms with E-state index in [4.69, 9.17) is 9.47 Å². The Morgan fingerprint density at radius 1 is 0.540 bits per heavy atom. The molecule has 0 aliphatic heterocycles. The fourth-order valence-corrected chi connectivity index (χ4v) is 6.84. The van der Waals surface area contributed by atoms with Crippen molar-refractivity contribution in [2.75, 3.05) is 57.4 Å². The molecule has 0 aromatic rings. The summed E-state index contributed by atoms with van der Waals surface area (Å²) in [5.74, 6) is 1.65. The number of hydrogen-bond donors (Lipinski definition) is 0. The van der Waals surface area contributed by atoms with Crippen molar-refractivity contribution in [3.8, 4) is 0 Å². The molecule has 0 N–H and O–H groups in total. The number of allylic oxidation sites excluding steroid dienone is 1. The van der Waals surface area contributed by atoms with Gasteiger partial charge >= 0.3 is 11.9 Å². The highest BCUT2D eigenvalue weighted by Gasteiger charge is 2.14. The molecule has 50 heavy (non-hydrogen) atoms. The van der Waals surface area contributed by atoms with E-state index in [-0.39, 0.29) is 17.8 Å². The van der Waals surface area contributed by atoms with E-state index in [1.54, 1.807) is 11.8 Å². The van der Waals surface area contributed by atoms with Crippen LogP contribution < -0.4 is 0 Å². The van der Waals surface area contributed by atoms with E-state index in [9.17, 15) is 14.4 Å². The number of ether oxygens (including phenoxy) is 2. The Bertz CT molecular complexity index is 805. The molecule has 0 fully saturated rings. The van der Waals surface area contributed by atoms with Gasteiger partial charge in [-0.15, -0.1) is 0 Å². The number of esters is 2. The molecule has 0 radical (unpaired) electrons. The zero-order valence-corrected chi connectivity index (χ0v) is 34.1. The Morgan fingerprint density at radius 3 is 1.62 bits per heavy atom. The molecule has 0 atom stereocenters. The topological polar surface area (TPSA) is 76.1 Å². The number of nitrogens with zero attached hydrogens (tertiary/aromatic N) is 2. The van der Waals surface area contributed by atoms with Crippen LogP contribution in [0.15, 0.2) is 12.2 Å². The van der Waals surface area contributed by atoms with Gasteiger partial charge in [0.25, 0.3) is 0 Å². The van der Waals surface area contributed by atoms with Gasteiger partial charge in [0.05, 0.1) is 12.4 Å². The van der Waals surface area contributed by atoms with Gasteiger partial charge in [0.15, 0.2) is 0 Å². The van der Waals surface area contributed by atoms with Crippen molar-refractivity contribution in [3.05, 3.63) is 12.2 Å². The van der Waals surface area contributed by atoms with Crippen molar-refractivity contribution in [3.63, 3.8) is 0 Å². The number of thioether (sulfide) groups is 1. The van der Waals surface area contributed by atoms with Gasteiger partial charge in [-0.2, -0.15) is 11.8 Å². The lowest BCUT2D eigenvalue weighted by atomic mass is 10.1. The molecule has 0 aliphatic rings. The summed E-state index contributed by atoms with van der Waals surface area (Å²) in [4.78, 5) is 41.7. The lowest BCUT2D eigenvalue weighted by molar-refractivity contribution is -0.144. The fourth-order valence-electron chi connectivity index (χ4n) is 5.96. The lowest BCUT2D eigenvalue weighted by Crippen LogP contribution is -2.34. The molecule has 0 spiro atoms. The third-order valence-electron chi connectivity index (χ3n) is 9.38. The molecule has 0 heterocycles. The highest BCUT2D eigenvalue weighted by molar-refractivity contribution is 7.99. The van der Waals surface area contributed by atoms with Crippen LogP contribution in [-0.4, -0.2) is 85.1 Å². The van der Waals surface area contributed by atoms with Gasteiger partial charge in [0, 0.05) is 38.2 Å². The molecule has 0 saturated carbocycles. The van der Waals surface area contributed by atoms with Gasteiger partial charge < -0.3 is 19.3 Å². The van der Waals surface area contributed by atoms with Crippen LogP contribution in [0.1, 0.15) is 182 Å². The summed E-state index contributed by atoms with van der Waals surface area (Å²) in [6, 6.07) is 0. The van der Waals surface area contributed by atoms with Crippen LogP contribution in [0.2, 0.25) is 0 Å². The quantitative estimate of drug-likeness (QED) is 0.0356. The molecule has 7 nitrogen and oxygen atoms in total. The van der Waals surface area contributed by atoms with E-state index in [1.165, 1.54) is 57.8 Å². The maximum atomic E-state index is 13.2. The normalized spacial score (nSPS) is 11.5. The van der Waals surface area contributed by atoms with Gasteiger partial charge in [0.1, 0.15) is 6.61 Å². The van der Waals surface area contributed by atoms with Crippen LogP contribution in [0.3, 0.4) is 0 Å². The Kier molecular flexibility index (Phi) is 37.5. The largest absolute Gasteiger partial charge is 0.466 e. The smallest absolute Gasteiger partial charge is 0.306 e. The summed E-state index contributed by atoms with van der Waals surface area (Å²) >= 11 is 1.75. The average Bonchev–Trinajstić information content (AvgIpc) is 3.12. The van der Waals surface area contributed by atoms with Gasteiger partial charge in [0.2, 0.25) is 5.91 Å². The summed E-state index contributed by atoms with van der Waals surface area (Å²) in [5.41, 5.74) is 0. The Labute approximate surface area is 313 Å². The van der Waals surface area contributed by atoms with Crippen molar-refractivity contribution in [1.29, 1.82) is 0 Å². The van der Waals surface area contributed by atoms with Gasteiger partial charge in [-0.1, -0.05) is 136 Å². The molecule has 0 aliphatic carbocycles. The molecule has 0 saturated heterocycles. The van der Waals surface area contributed by atoms with Gasteiger partial charge in [-0.05, 0) is 58.0 Å². The second-order valence-electron chi connectivity index (χ2n) is 13.8. The maximum absolute atomic E-state index is 13.2. The summed E-state index contributed by atoms with van der Waals surface area (Å²) in [5, 5.41) is 0. The molecular weight excluding hydrogens is 645 g/mol. The maximum Gasteiger partial charge on any atom is 0.306 e. The monoisotopic (exact) mass is 725 g/mol. The summed E-state index contributed by atoms with van der Waals surface area (Å²) in [6.45, 7) is 14.5. The molecule has 0 unspecified atom stereocenters. The van der Waals surface area contributed by atoms with Gasteiger partial charge in [-0.3, -0.25) is 14.4 Å². The second-order valence-corrected chi connectivity index (χ2v) is 14.9. The van der Waals surface area contributed by atoms with Crippen LogP contribution in [0, 0.1) is 0 Å². The van der Waals surface area contributed by atoms with Crippen LogP contribution >= 0.6 is 11.8 Å². The number of carbonyl (C=O) groups excluding carboxylic acids is 3. The lowest BCUT2D eigenvalue weighted by Gasteiger charge is -2.23. The van der Waals surface area contributed by atoms with Crippen molar-refractivity contribution < 1.29 is 23.9 Å². The Balaban J connectivity index is 4.21. The number of rotatable bonds is 38.